The van der Waals surface area contributed by atoms with E-state index in [1.54, 1.807) is 0 Å². The highest BCUT2D eigenvalue weighted by atomic mass is 127. The van der Waals surface area contributed by atoms with E-state index in [9.17, 15) is 4.79 Å². The summed E-state index contributed by atoms with van der Waals surface area (Å²) < 4.78 is 0. The molecule has 0 radical (unpaired) electrons. The van der Waals surface area contributed by atoms with Crippen LogP contribution in [0.5, 0.6) is 0 Å². The monoisotopic (exact) mass is 322 g/mol. The molecule has 0 aromatic heterocycles. The van der Waals surface area contributed by atoms with Crippen molar-refractivity contribution >= 4 is 35.6 Å². The lowest BCUT2D eigenvalue weighted by Crippen LogP contribution is -2.06. The van der Waals surface area contributed by atoms with Crippen LogP contribution in [0.25, 0.3) is 0 Å². The van der Waals surface area contributed by atoms with Gasteiger partial charge < -0.3 is 11.5 Å². The van der Waals surface area contributed by atoms with Crippen LogP contribution in [-0.4, -0.2) is 5.91 Å². The fraction of sp³-hybridized carbons (Fsp3) is 0.364. The van der Waals surface area contributed by atoms with Crippen LogP contribution in [0.4, 0.5) is 5.69 Å². The molecule has 0 atom stereocenters. The third-order valence-corrected chi connectivity index (χ3v) is 2.25. The van der Waals surface area contributed by atoms with E-state index in [4.69, 9.17) is 0 Å². The lowest BCUT2D eigenvalue weighted by molar-refractivity contribution is -0.114. The Morgan fingerprint density at radius 3 is 1.87 bits per heavy atom. The summed E-state index contributed by atoms with van der Waals surface area (Å²) in [6.07, 6.45) is 0. The van der Waals surface area contributed by atoms with Crippen LogP contribution in [-0.2, 0) is 4.79 Å². The van der Waals surface area contributed by atoms with Gasteiger partial charge in [0.25, 0.3) is 0 Å². The highest BCUT2D eigenvalue weighted by molar-refractivity contribution is 14.0. The molecule has 15 heavy (non-hydrogen) atoms. The van der Waals surface area contributed by atoms with Crippen molar-refractivity contribution in [3.05, 3.63) is 28.8 Å². The number of hydrogen-bond donors (Lipinski definition) is 2. The van der Waals surface area contributed by atoms with Crippen molar-refractivity contribution < 1.29 is 4.79 Å². The fourth-order valence-electron chi connectivity index (χ4n) is 1.31. The first-order valence-corrected chi connectivity index (χ1v) is 4.36. The molecule has 0 unspecified atom stereocenters. The number of amides is 1. The Balaban J connectivity index is 0. The molecule has 3 nitrogen and oxygen atoms in total. The molecule has 0 spiro atoms. The van der Waals surface area contributed by atoms with Crippen LogP contribution in [0.3, 0.4) is 0 Å². The van der Waals surface area contributed by atoms with Crippen LogP contribution in [0.15, 0.2) is 12.1 Å². The summed E-state index contributed by atoms with van der Waals surface area (Å²) >= 11 is 0. The van der Waals surface area contributed by atoms with E-state index in [0.717, 1.165) is 5.69 Å². The molecule has 0 bridgehead atoms. The topological polar surface area (TPSA) is 64.1 Å². The number of carbonyl (C=O) groups excluding carboxylic acids is 1. The molecule has 0 saturated heterocycles. The van der Waals surface area contributed by atoms with E-state index in [1.807, 2.05) is 26.0 Å². The molecule has 1 rings (SSSR count). The maximum Gasteiger partial charge on any atom is 0.221 e. The first-order valence-electron chi connectivity index (χ1n) is 4.36. The molecular formula is C11H19IN2O. The third-order valence-electron chi connectivity index (χ3n) is 2.25. The molecule has 0 aliphatic rings. The van der Waals surface area contributed by atoms with Gasteiger partial charge in [0.2, 0.25) is 5.91 Å². The lowest BCUT2D eigenvalue weighted by Gasteiger charge is -2.08. The second kappa shape index (κ2) is 6.79. The van der Waals surface area contributed by atoms with Gasteiger partial charge in [0.1, 0.15) is 0 Å². The molecule has 86 valence electrons. The highest BCUT2D eigenvalue weighted by Gasteiger charge is 2.01. The molecule has 0 fully saturated rings. The van der Waals surface area contributed by atoms with E-state index in [0.29, 0.717) is 0 Å². The average Bonchev–Trinajstić information content (AvgIpc) is 1.98. The molecule has 1 amide bonds. The minimum Gasteiger partial charge on any atom is -0.344 e. The van der Waals surface area contributed by atoms with Crippen molar-refractivity contribution in [2.24, 2.45) is 0 Å². The molecule has 0 saturated carbocycles. The summed E-state index contributed by atoms with van der Waals surface area (Å²) in [5, 5.41) is 2.77. The maximum absolute atomic E-state index is 10.8. The maximum atomic E-state index is 10.8. The van der Waals surface area contributed by atoms with Crippen molar-refractivity contribution in [3.63, 3.8) is 0 Å². The Bertz CT molecular complexity index is 327. The SMILES string of the molecule is CC(=O)Nc1cc(C)c(C)c(C)c1.I.N. The van der Waals surface area contributed by atoms with Crippen molar-refractivity contribution in [1.82, 2.24) is 6.15 Å². The zero-order valence-corrected chi connectivity index (χ0v) is 12.0. The van der Waals surface area contributed by atoms with Gasteiger partial charge in [-0.15, -0.1) is 24.0 Å². The Labute approximate surface area is 108 Å². The van der Waals surface area contributed by atoms with Crippen LogP contribution in [0.1, 0.15) is 23.6 Å². The Kier molecular flexibility index (Phi) is 7.60. The summed E-state index contributed by atoms with van der Waals surface area (Å²) in [4.78, 5) is 10.8. The number of halogens is 1. The fourth-order valence-corrected chi connectivity index (χ4v) is 1.31. The lowest BCUT2D eigenvalue weighted by atomic mass is 10.0. The van der Waals surface area contributed by atoms with Crippen molar-refractivity contribution in [2.75, 3.05) is 5.32 Å². The number of carbonyl (C=O) groups is 1. The zero-order valence-electron chi connectivity index (χ0n) is 9.68. The molecule has 0 aliphatic heterocycles. The van der Waals surface area contributed by atoms with Crippen LogP contribution in [0.2, 0.25) is 0 Å². The first kappa shape index (κ1) is 16.8. The predicted molar refractivity (Wildman–Crippen MR) is 75.4 cm³/mol. The minimum absolute atomic E-state index is 0. The van der Waals surface area contributed by atoms with E-state index in [-0.39, 0.29) is 36.0 Å². The normalized spacial score (nSPS) is 8.53. The van der Waals surface area contributed by atoms with Gasteiger partial charge in [0.05, 0.1) is 0 Å². The summed E-state index contributed by atoms with van der Waals surface area (Å²) in [5.41, 5.74) is 4.59. The van der Waals surface area contributed by atoms with Gasteiger partial charge in [0.15, 0.2) is 0 Å². The van der Waals surface area contributed by atoms with Gasteiger partial charge in [0, 0.05) is 12.6 Å². The summed E-state index contributed by atoms with van der Waals surface area (Å²) in [7, 11) is 0. The largest absolute Gasteiger partial charge is 0.344 e. The van der Waals surface area contributed by atoms with E-state index in [1.165, 1.54) is 23.6 Å². The van der Waals surface area contributed by atoms with Crippen molar-refractivity contribution in [3.8, 4) is 0 Å². The Morgan fingerprint density at radius 1 is 1.13 bits per heavy atom. The second-order valence-corrected chi connectivity index (χ2v) is 3.42. The molecule has 4 heteroatoms. The van der Waals surface area contributed by atoms with E-state index in [2.05, 4.69) is 12.2 Å². The van der Waals surface area contributed by atoms with Gasteiger partial charge >= 0.3 is 0 Å². The smallest absolute Gasteiger partial charge is 0.221 e. The Hall–Kier alpha value is -0.620. The molecule has 4 N–H and O–H groups in total. The molecule has 1 aromatic carbocycles. The van der Waals surface area contributed by atoms with Gasteiger partial charge in [-0.3, -0.25) is 4.79 Å². The van der Waals surface area contributed by atoms with Gasteiger partial charge in [-0.1, -0.05) is 0 Å². The van der Waals surface area contributed by atoms with Gasteiger partial charge in [-0.25, -0.2) is 0 Å². The zero-order chi connectivity index (χ0) is 10.0. The first-order chi connectivity index (χ1) is 6.00. The molecule has 0 heterocycles. The van der Waals surface area contributed by atoms with Crippen LogP contribution < -0.4 is 11.5 Å². The Morgan fingerprint density at radius 2 is 1.53 bits per heavy atom. The van der Waals surface area contributed by atoms with Crippen LogP contribution in [0, 0.1) is 20.8 Å². The summed E-state index contributed by atoms with van der Waals surface area (Å²) in [6.45, 7) is 7.70. The summed E-state index contributed by atoms with van der Waals surface area (Å²) in [6, 6.07) is 3.98. The quantitative estimate of drug-likeness (QED) is 0.779. The van der Waals surface area contributed by atoms with Crippen molar-refractivity contribution in [2.45, 2.75) is 27.7 Å². The number of aryl methyl sites for hydroxylation is 2. The standard InChI is InChI=1S/C11H15NO.HI.H3N/c1-7-5-11(12-10(4)13)6-8(2)9(7)3;;/h5-6H,1-4H3,(H,12,13);1H;1H3. The number of anilines is 1. The van der Waals surface area contributed by atoms with Gasteiger partial charge in [-0.2, -0.15) is 0 Å². The second-order valence-electron chi connectivity index (χ2n) is 3.42. The van der Waals surface area contributed by atoms with Gasteiger partial charge in [-0.05, 0) is 49.6 Å². The highest BCUT2D eigenvalue weighted by Crippen LogP contribution is 2.18. The minimum atomic E-state index is -0.0253. The van der Waals surface area contributed by atoms with E-state index < -0.39 is 0 Å². The summed E-state index contributed by atoms with van der Waals surface area (Å²) in [5.74, 6) is -0.0253. The van der Waals surface area contributed by atoms with E-state index >= 15 is 0 Å². The van der Waals surface area contributed by atoms with Crippen molar-refractivity contribution in [1.29, 1.82) is 0 Å². The third kappa shape index (κ3) is 4.61. The average molecular weight is 322 g/mol. The molecule has 0 aliphatic carbocycles. The molecule has 1 aromatic rings. The number of benzene rings is 1. The molecular weight excluding hydrogens is 303 g/mol. The number of hydrogen-bond acceptors (Lipinski definition) is 2. The predicted octanol–water partition coefficient (Wildman–Crippen LogP) is 3.35. The number of rotatable bonds is 1. The van der Waals surface area contributed by atoms with Crippen LogP contribution >= 0.6 is 24.0 Å². The number of nitrogens with one attached hydrogen (secondary N) is 1.